The Balaban J connectivity index is 2.14. The zero-order chi connectivity index (χ0) is 15.4. The van der Waals surface area contributed by atoms with E-state index in [0.717, 1.165) is 33.1 Å². The molecule has 0 radical (unpaired) electrons. The van der Waals surface area contributed by atoms with E-state index in [1.54, 1.807) is 18.4 Å². The fraction of sp³-hybridized carbons (Fsp3) is 0.312. The average Bonchev–Trinajstić information content (AvgIpc) is 2.85. The molecule has 0 bridgehead atoms. The monoisotopic (exact) mass is 304 g/mol. The van der Waals surface area contributed by atoms with Crippen molar-refractivity contribution in [3.05, 3.63) is 39.6 Å². The molecule has 5 heteroatoms. The number of methoxy groups -OCH3 is 1. The Kier molecular flexibility index (Phi) is 4.85. The van der Waals surface area contributed by atoms with Gasteiger partial charge in [0.2, 0.25) is 5.91 Å². The zero-order valence-electron chi connectivity index (χ0n) is 12.7. The Bertz CT molecular complexity index is 650. The molecular formula is C16H20N2O2S. The van der Waals surface area contributed by atoms with Crippen molar-refractivity contribution in [1.29, 1.82) is 0 Å². The van der Waals surface area contributed by atoms with Crippen molar-refractivity contribution in [2.24, 2.45) is 0 Å². The molecule has 0 unspecified atom stereocenters. The lowest BCUT2D eigenvalue weighted by Crippen LogP contribution is -2.08. The van der Waals surface area contributed by atoms with Crippen LogP contribution in [0.15, 0.2) is 23.6 Å². The van der Waals surface area contributed by atoms with E-state index in [2.05, 4.69) is 16.7 Å². The minimum Gasteiger partial charge on any atom is -0.496 e. The summed E-state index contributed by atoms with van der Waals surface area (Å²) in [6.45, 7) is 6.26. The molecule has 1 heterocycles. The van der Waals surface area contributed by atoms with Crippen LogP contribution in [0.3, 0.4) is 0 Å². The van der Waals surface area contributed by atoms with E-state index in [1.807, 2.05) is 31.4 Å². The van der Waals surface area contributed by atoms with E-state index < -0.39 is 0 Å². The lowest BCUT2D eigenvalue weighted by Gasteiger charge is -2.15. The van der Waals surface area contributed by atoms with Crippen LogP contribution < -0.4 is 15.4 Å². The molecule has 0 aliphatic rings. The van der Waals surface area contributed by atoms with E-state index >= 15 is 0 Å². The van der Waals surface area contributed by atoms with Gasteiger partial charge in [-0.15, -0.1) is 11.3 Å². The number of hydrogen-bond donors (Lipinski definition) is 2. The molecule has 1 aromatic heterocycles. The predicted octanol–water partition coefficient (Wildman–Crippen LogP) is 3.94. The molecule has 0 aliphatic carbocycles. The van der Waals surface area contributed by atoms with Gasteiger partial charge in [0, 0.05) is 23.1 Å². The summed E-state index contributed by atoms with van der Waals surface area (Å²) in [4.78, 5) is 12.3. The molecule has 2 aromatic rings. The first kappa shape index (κ1) is 15.4. The van der Waals surface area contributed by atoms with Crippen molar-refractivity contribution >= 4 is 28.6 Å². The standard InChI is InChI=1S/C16H20N2O2S/c1-10-5-6-13(11(2)16(10)20-4)17-9-15-14(7-8-21-15)18-12(3)19/h5-8,17H,9H2,1-4H3,(H,18,19). The highest BCUT2D eigenvalue weighted by atomic mass is 32.1. The summed E-state index contributed by atoms with van der Waals surface area (Å²) >= 11 is 1.62. The lowest BCUT2D eigenvalue weighted by atomic mass is 10.1. The number of ether oxygens (including phenoxy) is 1. The maximum absolute atomic E-state index is 11.2. The summed E-state index contributed by atoms with van der Waals surface area (Å²) in [7, 11) is 1.69. The summed E-state index contributed by atoms with van der Waals surface area (Å²) in [5, 5.41) is 8.23. The third-order valence-electron chi connectivity index (χ3n) is 3.30. The highest BCUT2D eigenvalue weighted by molar-refractivity contribution is 7.10. The number of thiophene rings is 1. The van der Waals surface area contributed by atoms with Crippen LogP contribution >= 0.6 is 11.3 Å². The van der Waals surface area contributed by atoms with Gasteiger partial charge in [-0.2, -0.15) is 0 Å². The van der Waals surface area contributed by atoms with Crippen LogP contribution in [0.2, 0.25) is 0 Å². The van der Waals surface area contributed by atoms with Crippen LogP contribution in [0, 0.1) is 13.8 Å². The van der Waals surface area contributed by atoms with Gasteiger partial charge in [0.05, 0.1) is 19.3 Å². The van der Waals surface area contributed by atoms with E-state index in [0.29, 0.717) is 6.54 Å². The minimum atomic E-state index is -0.0529. The third-order valence-corrected chi connectivity index (χ3v) is 4.22. The number of amides is 1. The van der Waals surface area contributed by atoms with Crippen LogP contribution in [0.5, 0.6) is 5.75 Å². The van der Waals surface area contributed by atoms with Crippen molar-refractivity contribution in [1.82, 2.24) is 0 Å². The normalized spacial score (nSPS) is 10.3. The molecule has 0 saturated heterocycles. The van der Waals surface area contributed by atoms with E-state index in [1.165, 1.54) is 6.92 Å². The topological polar surface area (TPSA) is 50.4 Å². The number of rotatable bonds is 5. The minimum absolute atomic E-state index is 0.0529. The maximum Gasteiger partial charge on any atom is 0.221 e. The average molecular weight is 304 g/mol. The van der Waals surface area contributed by atoms with Crippen molar-refractivity contribution in [3.8, 4) is 5.75 Å². The maximum atomic E-state index is 11.2. The Morgan fingerprint density at radius 3 is 2.67 bits per heavy atom. The summed E-state index contributed by atoms with van der Waals surface area (Å²) < 4.78 is 5.44. The number of nitrogens with one attached hydrogen (secondary N) is 2. The molecule has 0 spiro atoms. The fourth-order valence-corrected chi connectivity index (χ4v) is 3.06. The molecule has 0 fully saturated rings. The summed E-state index contributed by atoms with van der Waals surface area (Å²) in [5.41, 5.74) is 4.13. The van der Waals surface area contributed by atoms with Gasteiger partial charge in [0.15, 0.2) is 0 Å². The van der Waals surface area contributed by atoms with Crippen molar-refractivity contribution in [2.45, 2.75) is 27.3 Å². The van der Waals surface area contributed by atoms with Gasteiger partial charge in [0.25, 0.3) is 0 Å². The molecule has 112 valence electrons. The van der Waals surface area contributed by atoms with Gasteiger partial charge >= 0.3 is 0 Å². The van der Waals surface area contributed by atoms with Gasteiger partial charge in [0.1, 0.15) is 5.75 Å². The van der Waals surface area contributed by atoms with Gasteiger partial charge in [-0.1, -0.05) is 6.07 Å². The lowest BCUT2D eigenvalue weighted by molar-refractivity contribution is -0.114. The Morgan fingerprint density at radius 2 is 2.00 bits per heavy atom. The van der Waals surface area contributed by atoms with Crippen LogP contribution in [0.4, 0.5) is 11.4 Å². The summed E-state index contributed by atoms with van der Waals surface area (Å²) in [6.07, 6.45) is 0. The molecule has 0 saturated carbocycles. The molecule has 0 aliphatic heterocycles. The number of aryl methyl sites for hydroxylation is 1. The van der Waals surface area contributed by atoms with E-state index in [4.69, 9.17) is 4.74 Å². The molecule has 0 atom stereocenters. The van der Waals surface area contributed by atoms with Crippen LogP contribution in [-0.4, -0.2) is 13.0 Å². The van der Waals surface area contributed by atoms with E-state index in [9.17, 15) is 4.79 Å². The first-order chi connectivity index (χ1) is 10.0. The van der Waals surface area contributed by atoms with Crippen molar-refractivity contribution in [2.75, 3.05) is 17.7 Å². The quantitative estimate of drug-likeness (QED) is 0.879. The summed E-state index contributed by atoms with van der Waals surface area (Å²) in [5.74, 6) is 0.857. The fourth-order valence-electron chi connectivity index (χ4n) is 2.29. The SMILES string of the molecule is COc1c(C)ccc(NCc2sccc2NC(C)=O)c1C. The molecule has 2 rings (SSSR count). The van der Waals surface area contributed by atoms with Crippen LogP contribution in [0.25, 0.3) is 0 Å². The van der Waals surface area contributed by atoms with Gasteiger partial charge in [-0.25, -0.2) is 0 Å². The number of carbonyl (C=O) groups is 1. The van der Waals surface area contributed by atoms with E-state index in [-0.39, 0.29) is 5.91 Å². The second-order valence-electron chi connectivity index (χ2n) is 4.88. The second kappa shape index (κ2) is 6.63. The zero-order valence-corrected chi connectivity index (χ0v) is 13.6. The molecule has 1 amide bonds. The van der Waals surface area contributed by atoms with Gasteiger partial charge < -0.3 is 15.4 Å². The number of benzene rings is 1. The predicted molar refractivity (Wildman–Crippen MR) is 88.4 cm³/mol. The van der Waals surface area contributed by atoms with Gasteiger partial charge in [-0.3, -0.25) is 4.79 Å². The third kappa shape index (κ3) is 3.55. The Morgan fingerprint density at radius 1 is 1.24 bits per heavy atom. The number of anilines is 2. The second-order valence-corrected chi connectivity index (χ2v) is 5.88. The Hall–Kier alpha value is -2.01. The smallest absolute Gasteiger partial charge is 0.221 e. The first-order valence-electron chi connectivity index (χ1n) is 6.75. The molecule has 21 heavy (non-hydrogen) atoms. The molecular weight excluding hydrogens is 284 g/mol. The largest absolute Gasteiger partial charge is 0.496 e. The number of hydrogen-bond acceptors (Lipinski definition) is 4. The highest BCUT2D eigenvalue weighted by Crippen LogP contribution is 2.30. The van der Waals surface area contributed by atoms with Gasteiger partial charge in [-0.05, 0) is 36.9 Å². The summed E-state index contributed by atoms with van der Waals surface area (Å²) in [6, 6.07) is 6.02. The molecule has 1 aromatic carbocycles. The van der Waals surface area contributed by atoms with Crippen molar-refractivity contribution in [3.63, 3.8) is 0 Å². The molecule has 4 nitrogen and oxygen atoms in total. The Labute approximate surface area is 129 Å². The number of carbonyl (C=O) groups excluding carboxylic acids is 1. The van der Waals surface area contributed by atoms with Crippen LogP contribution in [0.1, 0.15) is 22.9 Å². The van der Waals surface area contributed by atoms with Crippen LogP contribution in [-0.2, 0) is 11.3 Å². The first-order valence-corrected chi connectivity index (χ1v) is 7.63. The molecule has 2 N–H and O–H groups in total. The van der Waals surface area contributed by atoms with Crippen molar-refractivity contribution < 1.29 is 9.53 Å². The highest BCUT2D eigenvalue weighted by Gasteiger charge is 2.09.